The molecule has 15 heavy (non-hydrogen) atoms. The Morgan fingerprint density at radius 3 is 2.53 bits per heavy atom. The van der Waals surface area contributed by atoms with Crippen LogP contribution in [-0.2, 0) is 0 Å². The normalized spacial score (nSPS) is 27.2. The van der Waals surface area contributed by atoms with E-state index in [2.05, 4.69) is 26.1 Å². The number of nitrogens with one attached hydrogen (secondary N) is 1. The summed E-state index contributed by atoms with van der Waals surface area (Å²) in [7, 11) is 0. The molecular weight excluding hydrogens is 182 g/mol. The summed E-state index contributed by atoms with van der Waals surface area (Å²) in [5, 5.41) is 3.67. The van der Waals surface area contributed by atoms with Crippen LogP contribution in [0.25, 0.3) is 0 Å². The average Bonchev–Trinajstić information content (AvgIpc) is 2.25. The quantitative estimate of drug-likeness (QED) is 0.655. The Kier molecular flexibility index (Phi) is 6.31. The first-order chi connectivity index (χ1) is 7.22. The molecule has 1 aliphatic heterocycles. The molecule has 0 aliphatic carbocycles. The lowest BCUT2D eigenvalue weighted by molar-refractivity contribution is 0.285. The zero-order valence-electron chi connectivity index (χ0n) is 10.9. The predicted octanol–water partition coefficient (Wildman–Crippen LogP) is 3.98. The van der Waals surface area contributed by atoms with E-state index in [1.807, 2.05) is 0 Å². The summed E-state index contributed by atoms with van der Waals surface area (Å²) in [5.74, 6) is 1.86. The van der Waals surface area contributed by atoms with E-state index in [4.69, 9.17) is 0 Å². The molecule has 1 rings (SSSR count). The number of hydrogen-bond donors (Lipinski definition) is 1. The van der Waals surface area contributed by atoms with E-state index >= 15 is 0 Å². The monoisotopic (exact) mass is 211 g/mol. The van der Waals surface area contributed by atoms with Crippen LogP contribution in [0.4, 0.5) is 0 Å². The summed E-state index contributed by atoms with van der Waals surface area (Å²) in [6.45, 7) is 8.23. The fraction of sp³-hybridized carbons (Fsp3) is 1.00. The van der Waals surface area contributed by atoms with E-state index in [0.29, 0.717) is 0 Å². The summed E-state index contributed by atoms with van der Waals surface area (Å²) in [5.41, 5.74) is 0. The van der Waals surface area contributed by atoms with Crippen molar-refractivity contribution in [2.75, 3.05) is 6.54 Å². The van der Waals surface area contributed by atoms with Gasteiger partial charge in [-0.3, -0.25) is 0 Å². The molecule has 90 valence electrons. The fourth-order valence-electron chi connectivity index (χ4n) is 2.55. The molecule has 2 unspecified atom stereocenters. The Labute approximate surface area is 96.0 Å². The average molecular weight is 211 g/mol. The Morgan fingerprint density at radius 2 is 2.00 bits per heavy atom. The highest BCUT2D eigenvalue weighted by atomic mass is 14.9. The molecule has 0 aromatic carbocycles. The van der Waals surface area contributed by atoms with Crippen LogP contribution >= 0.6 is 0 Å². The van der Waals surface area contributed by atoms with Gasteiger partial charge < -0.3 is 5.32 Å². The minimum Gasteiger partial charge on any atom is -0.314 e. The lowest BCUT2D eigenvalue weighted by Gasteiger charge is -2.29. The van der Waals surface area contributed by atoms with Crippen LogP contribution in [0.5, 0.6) is 0 Å². The molecule has 1 saturated heterocycles. The van der Waals surface area contributed by atoms with Crippen molar-refractivity contribution in [3.05, 3.63) is 0 Å². The van der Waals surface area contributed by atoms with E-state index in [1.165, 1.54) is 51.5 Å². The zero-order valence-corrected chi connectivity index (χ0v) is 10.9. The molecule has 1 heterocycles. The van der Waals surface area contributed by atoms with Gasteiger partial charge in [0.25, 0.3) is 0 Å². The second-order valence-electron chi connectivity index (χ2n) is 5.64. The number of hydrogen-bond acceptors (Lipinski definition) is 1. The van der Waals surface area contributed by atoms with Crippen LogP contribution in [0.2, 0.25) is 0 Å². The van der Waals surface area contributed by atoms with Crippen LogP contribution in [-0.4, -0.2) is 12.6 Å². The van der Waals surface area contributed by atoms with Crippen LogP contribution < -0.4 is 5.32 Å². The number of rotatable bonds is 6. The Hall–Kier alpha value is -0.0400. The van der Waals surface area contributed by atoms with Crippen LogP contribution in [0.1, 0.15) is 65.7 Å². The molecule has 0 aromatic rings. The maximum Gasteiger partial charge on any atom is 0.00646 e. The van der Waals surface area contributed by atoms with Gasteiger partial charge >= 0.3 is 0 Å². The number of piperidine rings is 1. The standard InChI is InChI=1S/C14H29N/c1-4-14-10-9-13(11-15-14)8-6-5-7-12(2)3/h12-15H,4-11H2,1-3H3. The maximum absolute atomic E-state index is 3.67. The van der Waals surface area contributed by atoms with E-state index in [-0.39, 0.29) is 0 Å². The first-order valence-corrected chi connectivity index (χ1v) is 6.95. The van der Waals surface area contributed by atoms with Crippen molar-refractivity contribution in [2.24, 2.45) is 11.8 Å². The summed E-state index contributed by atoms with van der Waals surface area (Å²) in [4.78, 5) is 0. The molecule has 1 nitrogen and oxygen atoms in total. The summed E-state index contributed by atoms with van der Waals surface area (Å²) < 4.78 is 0. The minimum absolute atomic E-state index is 0.817. The lowest BCUT2D eigenvalue weighted by Crippen LogP contribution is -2.38. The van der Waals surface area contributed by atoms with Crippen molar-refractivity contribution in [1.29, 1.82) is 0 Å². The zero-order chi connectivity index (χ0) is 11.1. The third-order valence-corrected chi connectivity index (χ3v) is 3.76. The minimum atomic E-state index is 0.817. The topological polar surface area (TPSA) is 12.0 Å². The third-order valence-electron chi connectivity index (χ3n) is 3.76. The highest BCUT2D eigenvalue weighted by molar-refractivity contribution is 4.76. The van der Waals surface area contributed by atoms with Crippen molar-refractivity contribution in [3.63, 3.8) is 0 Å². The molecule has 0 bridgehead atoms. The van der Waals surface area contributed by atoms with Crippen molar-refractivity contribution in [3.8, 4) is 0 Å². The SMILES string of the molecule is CCC1CCC(CCCCC(C)C)CN1. The summed E-state index contributed by atoms with van der Waals surface area (Å²) in [6.07, 6.45) is 9.93. The van der Waals surface area contributed by atoms with Crippen molar-refractivity contribution >= 4 is 0 Å². The lowest BCUT2D eigenvalue weighted by atomic mass is 9.89. The molecular formula is C14H29N. The van der Waals surface area contributed by atoms with Crippen LogP contribution in [0.15, 0.2) is 0 Å². The Bertz CT molecular complexity index is 145. The van der Waals surface area contributed by atoms with E-state index in [0.717, 1.165) is 17.9 Å². The summed E-state index contributed by atoms with van der Waals surface area (Å²) >= 11 is 0. The molecule has 1 aliphatic rings. The second-order valence-corrected chi connectivity index (χ2v) is 5.64. The molecule has 1 fully saturated rings. The highest BCUT2D eigenvalue weighted by Crippen LogP contribution is 2.21. The molecule has 0 aromatic heterocycles. The van der Waals surface area contributed by atoms with E-state index in [1.54, 1.807) is 0 Å². The van der Waals surface area contributed by atoms with Gasteiger partial charge in [0.15, 0.2) is 0 Å². The van der Waals surface area contributed by atoms with Crippen molar-refractivity contribution < 1.29 is 0 Å². The van der Waals surface area contributed by atoms with Gasteiger partial charge in [0.1, 0.15) is 0 Å². The summed E-state index contributed by atoms with van der Waals surface area (Å²) in [6, 6.07) is 0.817. The molecule has 1 N–H and O–H groups in total. The fourth-order valence-corrected chi connectivity index (χ4v) is 2.55. The van der Waals surface area contributed by atoms with Gasteiger partial charge in [0, 0.05) is 6.04 Å². The van der Waals surface area contributed by atoms with E-state index < -0.39 is 0 Å². The van der Waals surface area contributed by atoms with Gasteiger partial charge in [-0.2, -0.15) is 0 Å². The molecule has 0 amide bonds. The number of unbranched alkanes of at least 4 members (excludes halogenated alkanes) is 1. The first kappa shape index (κ1) is 13.0. The van der Waals surface area contributed by atoms with Gasteiger partial charge in [0.2, 0.25) is 0 Å². The van der Waals surface area contributed by atoms with E-state index in [9.17, 15) is 0 Å². The van der Waals surface area contributed by atoms with Gasteiger partial charge in [-0.1, -0.05) is 40.0 Å². The predicted molar refractivity (Wildman–Crippen MR) is 68.1 cm³/mol. The first-order valence-electron chi connectivity index (χ1n) is 6.95. The molecule has 0 spiro atoms. The van der Waals surface area contributed by atoms with Crippen molar-refractivity contribution in [2.45, 2.75) is 71.8 Å². The smallest absolute Gasteiger partial charge is 0.00646 e. The molecule has 0 saturated carbocycles. The van der Waals surface area contributed by atoms with Crippen LogP contribution in [0.3, 0.4) is 0 Å². The highest BCUT2D eigenvalue weighted by Gasteiger charge is 2.18. The Balaban J connectivity index is 1.99. The second kappa shape index (κ2) is 7.27. The van der Waals surface area contributed by atoms with Crippen molar-refractivity contribution in [1.82, 2.24) is 5.32 Å². The third kappa shape index (κ3) is 5.55. The van der Waals surface area contributed by atoms with Gasteiger partial charge in [-0.25, -0.2) is 0 Å². The molecule has 1 heteroatoms. The van der Waals surface area contributed by atoms with Gasteiger partial charge in [-0.15, -0.1) is 0 Å². The largest absolute Gasteiger partial charge is 0.314 e. The van der Waals surface area contributed by atoms with Gasteiger partial charge in [0.05, 0.1) is 0 Å². The maximum atomic E-state index is 3.67. The van der Waals surface area contributed by atoms with Gasteiger partial charge in [-0.05, 0) is 44.1 Å². The Morgan fingerprint density at radius 1 is 1.20 bits per heavy atom. The molecule has 0 radical (unpaired) electrons. The molecule has 2 atom stereocenters. The van der Waals surface area contributed by atoms with Crippen LogP contribution in [0, 0.1) is 11.8 Å².